The van der Waals surface area contributed by atoms with Crippen molar-refractivity contribution in [2.75, 3.05) is 32.4 Å². The normalized spacial score (nSPS) is 17.1. The number of aromatic nitrogens is 1. The number of rotatable bonds is 4. The lowest BCUT2D eigenvalue weighted by Gasteiger charge is -2.33. The van der Waals surface area contributed by atoms with E-state index in [9.17, 15) is 13.2 Å². The summed E-state index contributed by atoms with van der Waals surface area (Å²) >= 11 is 0. The summed E-state index contributed by atoms with van der Waals surface area (Å²) in [5.74, 6) is 0.0713. The fourth-order valence-electron chi connectivity index (χ4n) is 2.22. The predicted molar refractivity (Wildman–Crippen MR) is 75.6 cm³/mol. The van der Waals surface area contributed by atoms with Crippen molar-refractivity contribution in [3.05, 3.63) is 30.1 Å². The molecule has 110 valence electrons. The number of hydrogen-bond acceptors (Lipinski definition) is 4. The van der Waals surface area contributed by atoms with Crippen molar-refractivity contribution >= 4 is 15.9 Å². The van der Waals surface area contributed by atoms with E-state index in [0.717, 1.165) is 5.56 Å². The van der Waals surface area contributed by atoms with Gasteiger partial charge >= 0.3 is 0 Å². The van der Waals surface area contributed by atoms with E-state index in [2.05, 4.69) is 4.98 Å². The van der Waals surface area contributed by atoms with E-state index in [0.29, 0.717) is 39.0 Å². The molecule has 0 aromatic carbocycles. The average molecular weight is 297 g/mol. The first kappa shape index (κ1) is 14.9. The number of amides is 1. The van der Waals surface area contributed by atoms with Crippen LogP contribution in [0.5, 0.6) is 0 Å². The van der Waals surface area contributed by atoms with Crippen LogP contribution in [0.4, 0.5) is 0 Å². The zero-order valence-corrected chi connectivity index (χ0v) is 12.3. The van der Waals surface area contributed by atoms with Crippen molar-refractivity contribution in [3.63, 3.8) is 0 Å². The molecule has 0 spiro atoms. The molecule has 1 aliphatic heterocycles. The van der Waals surface area contributed by atoms with Gasteiger partial charge < -0.3 is 4.90 Å². The third kappa shape index (κ3) is 4.01. The van der Waals surface area contributed by atoms with Crippen molar-refractivity contribution in [3.8, 4) is 0 Å². The van der Waals surface area contributed by atoms with Gasteiger partial charge in [0.1, 0.15) is 0 Å². The maximum absolute atomic E-state index is 12.1. The smallest absolute Gasteiger partial charge is 0.222 e. The highest BCUT2D eigenvalue weighted by Crippen LogP contribution is 2.09. The molecule has 1 fully saturated rings. The fourth-order valence-corrected chi connectivity index (χ4v) is 3.05. The Morgan fingerprint density at radius 1 is 1.30 bits per heavy atom. The second-order valence-corrected chi connectivity index (χ2v) is 6.89. The molecular formula is C13H19N3O3S. The third-order valence-corrected chi connectivity index (χ3v) is 4.71. The molecule has 7 heteroatoms. The van der Waals surface area contributed by atoms with Gasteiger partial charge in [0.05, 0.1) is 6.26 Å². The topological polar surface area (TPSA) is 70.6 Å². The van der Waals surface area contributed by atoms with E-state index in [1.807, 2.05) is 12.1 Å². The molecule has 2 rings (SSSR count). The van der Waals surface area contributed by atoms with E-state index in [1.165, 1.54) is 10.6 Å². The van der Waals surface area contributed by atoms with Crippen molar-refractivity contribution in [1.29, 1.82) is 0 Å². The highest BCUT2D eigenvalue weighted by atomic mass is 32.2. The molecule has 1 amide bonds. The van der Waals surface area contributed by atoms with Gasteiger partial charge in [-0.2, -0.15) is 4.31 Å². The number of carbonyl (C=O) groups excluding carboxylic acids is 1. The molecule has 0 N–H and O–H groups in total. The molecule has 1 aromatic rings. The predicted octanol–water partition coefficient (Wildman–Crippen LogP) is 0.118. The Hall–Kier alpha value is -1.47. The highest BCUT2D eigenvalue weighted by molar-refractivity contribution is 7.88. The van der Waals surface area contributed by atoms with Crippen molar-refractivity contribution in [2.45, 2.75) is 12.8 Å². The summed E-state index contributed by atoms with van der Waals surface area (Å²) in [5.41, 5.74) is 1.04. The lowest BCUT2D eigenvalue weighted by atomic mass is 10.1. The summed E-state index contributed by atoms with van der Waals surface area (Å²) in [6.07, 6.45) is 5.76. The molecular weight excluding hydrogens is 278 g/mol. The Kier molecular flexibility index (Phi) is 4.72. The van der Waals surface area contributed by atoms with E-state index >= 15 is 0 Å². The number of aryl methyl sites for hydroxylation is 1. The van der Waals surface area contributed by atoms with Gasteiger partial charge in [0.15, 0.2) is 0 Å². The maximum atomic E-state index is 12.1. The molecule has 2 heterocycles. The molecule has 1 saturated heterocycles. The Balaban J connectivity index is 1.80. The minimum absolute atomic E-state index is 0.0713. The summed E-state index contributed by atoms with van der Waals surface area (Å²) in [6, 6.07) is 3.80. The van der Waals surface area contributed by atoms with Crippen LogP contribution in [0.15, 0.2) is 24.5 Å². The molecule has 6 nitrogen and oxygen atoms in total. The first-order chi connectivity index (χ1) is 9.47. The van der Waals surface area contributed by atoms with Gasteiger partial charge in [-0.3, -0.25) is 9.78 Å². The third-order valence-electron chi connectivity index (χ3n) is 3.41. The zero-order valence-electron chi connectivity index (χ0n) is 11.5. The van der Waals surface area contributed by atoms with Crippen molar-refractivity contribution < 1.29 is 13.2 Å². The molecule has 20 heavy (non-hydrogen) atoms. The van der Waals surface area contributed by atoms with Crippen LogP contribution >= 0.6 is 0 Å². The van der Waals surface area contributed by atoms with Crippen LogP contribution < -0.4 is 0 Å². The Morgan fingerprint density at radius 2 is 2.00 bits per heavy atom. The number of carbonyl (C=O) groups is 1. The van der Waals surface area contributed by atoms with Gasteiger partial charge in [-0.15, -0.1) is 0 Å². The maximum Gasteiger partial charge on any atom is 0.222 e. The molecule has 0 saturated carbocycles. The van der Waals surface area contributed by atoms with Crippen LogP contribution in [-0.4, -0.2) is 60.9 Å². The number of sulfonamides is 1. The second kappa shape index (κ2) is 6.32. The van der Waals surface area contributed by atoms with E-state index < -0.39 is 10.0 Å². The summed E-state index contributed by atoms with van der Waals surface area (Å²) in [5, 5.41) is 0. The molecule has 1 aliphatic rings. The summed E-state index contributed by atoms with van der Waals surface area (Å²) in [6.45, 7) is 1.72. The zero-order chi connectivity index (χ0) is 14.6. The Labute approximate surface area is 119 Å². The Morgan fingerprint density at radius 3 is 2.55 bits per heavy atom. The van der Waals surface area contributed by atoms with Gasteiger partial charge in [-0.1, -0.05) is 6.07 Å². The molecule has 0 radical (unpaired) electrons. The highest BCUT2D eigenvalue weighted by Gasteiger charge is 2.25. The van der Waals surface area contributed by atoms with Gasteiger partial charge in [0.2, 0.25) is 15.9 Å². The minimum atomic E-state index is -3.14. The van der Waals surface area contributed by atoms with Crippen LogP contribution in [0.2, 0.25) is 0 Å². The lowest BCUT2D eigenvalue weighted by molar-refractivity contribution is -0.132. The molecule has 0 aliphatic carbocycles. The van der Waals surface area contributed by atoms with Crippen LogP contribution in [0.1, 0.15) is 12.0 Å². The standard InChI is InChI=1S/C13H19N3O3S/c1-20(18,19)16-9-7-15(8-10-16)13(17)5-4-12-3-2-6-14-11-12/h2-3,6,11H,4-5,7-10H2,1H3. The molecule has 0 atom stereocenters. The summed E-state index contributed by atoms with van der Waals surface area (Å²) < 4.78 is 24.2. The van der Waals surface area contributed by atoms with Gasteiger partial charge in [-0.25, -0.2) is 8.42 Å². The Bertz CT molecular complexity index is 551. The van der Waals surface area contributed by atoms with Crippen LogP contribution in [0, 0.1) is 0 Å². The number of pyridine rings is 1. The first-order valence-corrected chi connectivity index (χ1v) is 8.43. The van der Waals surface area contributed by atoms with E-state index in [-0.39, 0.29) is 5.91 Å². The largest absolute Gasteiger partial charge is 0.340 e. The molecule has 0 unspecified atom stereocenters. The fraction of sp³-hybridized carbons (Fsp3) is 0.538. The second-order valence-electron chi connectivity index (χ2n) is 4.90. The van der Waals surface area contributed by atoms with Crippen LogP contribution in [0.25, 0.3) is 0 Å². The van der Waals surface area contributed by atoms with E-state index in [1.54, 1.807) is 17.3 Å². The summed E-state index contributed by atoms with van der Waals surface area (Å²) in [4.78, 5) is 17.8. The summed E-state index contributed by atoms with van der Waals surface area (Å²) in [7, 11) is -3.14. The monoisotopic (exact) mass is 297 g/mol. The van der Waals surface area contributed by atoms with Crippen molar-refractivity contribution in [1.82, 2.24) is 14.2 Å². The van der Waals surface area contributed by atoms with Gasteiger partial charge in [0, 0.05) is 45.0 Å². The van der Waals surface area contributed by atoms with Crippen molar-refractivity contribution in [2.24, 2.45) is 0 Å². The average Bonchev–Trinajstić information content (AvgIpc) is 2.45. The number of hydrogen-bond donors (Lipinski definition) is 0. The SMILES string of the molecule is CS(=O)(=O)N1CCN(C(=O)CCc2cccnc2)CC1. The van der Waals surface area contributed by atoms with Gasteiger partial charge in [0.25, 0.3) is 0 Å². The number of nitrogens with zero attached hydrogens (tertiary/aromatic N) is 3. The molecule has 0 bridgehead atoms. The quantitative estimate of drug-likeness (QED) is 0.791. The lowest BCUT2D eigenvalue weighted by Crippen LogP contribution is -2.50. The van der Waals surface area contributed by atoms with Crippen LogP contribution in [-0.2, 0) is 21.2 Å². The number of piperazine rings is 1. The minimum Gasteiger partial charge on any atom is -0.340 e. The van der Waals surface area contributed by atoms with Crippen LogP contribution in [0.3, 0.4) is 0 Å². The van der Waals surface area contributed by atoms with Gasteiger partial charge in [-0.05, 0) is 18.1 Å². The van der Waals surface area contributed by atoms with E-state index in [4.69, 9.17) is 0 Å². The molecule has 1 aromatic heterocycles. The first-order valence-electron chi connectivity index (χ1n) is 6.58.